The number of carbonyl (C=O) groups excluding carboxylic acids is 2. The largest absolute Gasteiger partial charge is 0.394 e. The summed E-state index contributed by atoms with van der Waals surface area (Å²) in [5.74, 6) is -1.15. The first-order chi connectivity index (χ1) is 12.0. The van der Waals surface area contributed by atoms with Gasteiger partial charge in [-0.05, 0) is 19.1 Å². The molecule has 0 aliphatic heterocycles. The number of aliphatic hydroxyl groups is 3. The lowest BCUT2D eigenvalue weighted by atomic mass is 10.0. The Morgan fingerprint density at radius 3 is 2.20 bits per heavy atom. The third-order valence-electron chi connectivity index (χ3n) is 4.00. The molecule has 4 N–H and O–H groups in total. The van der Waals surface area contributed by atoms with Gasteiger partial charge in [-0.2, -0.15) is 0 Å². The van der Waals surface area contributed by atoms with Gasteiger partial charge in [0.25, 0.3) is 0 Å². The Kier molecular flexibility index (Phi) is 6.44. The molecule has 1 aromatic carbocycles. The molecular formula is C18H21NO5S. The molecule has 134 valence electrons. The quantitative estimate of drug-likeness (QED) is 0.522. The summed E-state index contributed by atoms with van der Waals surface area (Å²) in [6.07, 6.45) is 0. The number of carbonyl (C=O) groups is 2. The van der Waals surface area contributed by atoms with Crippen LogP contribution in [0.5, 0.6) is 0 Å². The van der Waals surface area contributed by atoms with Gasteiger partial charge in [0.1, 0.15) is 5.54 Å². The standard InChI is InChI=1S/C18H21NO5S/c1-12(17(24)19-18(9-20,10-21)11-22)14-7-8-15(25-14)16(23)13-5-3-2-4-6-13/h2-8,12,20-22H,9-11H2,1H3,(H,19,24). The van der Waals surface area contributed by atoms with Crippen LogP contribution in [0.2, 0.25) is 0 Å². The Bertz CT molecular complexity index is 716. The van der Waals surface area contributed by atoms with Crippen LogP contribution in [0.25, 0.3) is 0 Å². The SMILES string of the molecule is CC(C(=O)NC(CO)(CO)CO)c1ccc(C(=O)c2ccccc2)s1. The summed E-state index contributed by atoms with van der Waals surface area (Å²) >= 11 is 1.22. The summed E-state index contributed by atoms with van der Waals surface area (Å²) in [6, 6.07) is 12.3. The summed E-state index contributed by atoms with van der Waals surface area (Å²) in [7, 11) is 0. The molecule has 0 saturated heterocycles. The van der Waals surface area contributed by atoms with E-state index in [1.807, 2.05) is 6.07 Å². The third-order valence-corrected chi connectivity index (χ3v) is 5.27. The fourth-order valence-corrected chi connectivity index (χ4v) is 3.23. The van der Waals surface area contributed by atoms with Crippen molar-refractivity contribution in [3.63, 3.8) is 0 Å². The minimum absolute atomic E-state index is 0.111. The number of nitrogens with one attached hydrogen (secondary N) is 1. The van der Waals surface area contributed by atoms with E-state index in [1.54, 1.807) is 43.3 Å². The topological polar surface area (TPSA) is 107 Å². The van der Waals surface area contributed by atoms with Crippen LogP contribution in [0.15, 0.2) is 42.5 Å². The lowest BCUT2D eigenvalue weighted by molar-refractivity contribution is -0.126. The van der Waals surface area contributed by atoms with E-state index in [0.29, 0.717) is 15.3 Å². The number of rotatable bonds is 8. The highest BCUT2D eigenvalue weighted by molar-refractivity contribution is 7.14. The molecule has 7 heteroatoms. The Morgan fingerprint density at radius 2 is 1.64 bits per heavy atom. The summed E-state index contributed by atoms with van der Waals surface area (Å²) in [5.41, 5.74) is -0.890. The van der Waals surface area contributed by atoms with E-state index in [0.717, 1.165) is 0 Å². The number of thiophene rings is 1. The van der Waals surface area contributed by atoms with Crippen LogP contribution in [0.4, 0.5) is 0 Å². The van der Waals surface area contributed by atoms with Gasteiger partial charge in [0.15, 0.2) is 0 Å². The molecule has 0 radical (unpaired) electrons. The predicted molar refractivity (Wildman–Crippen MR) is 94.7 cm³/mol. The van der Waals surface area contributed by atoms with Crippen molar-refractivity contribution in [2.75, 3.05) is 19.8 Å². The van der Waals surface area contributed by atoms with Crippen LogP contribution in [0.1, 0.15) is 33.0 Å². The third kappa shape index (κ3) is 4.32. The number of amides is 1. The summed E-state index contributed by atoms with van der Waals surface area (Å²) in [5, 5.41) is 30.4. The zero-order valence-corrected chi connectivity index (χ0v) is 14.6. The summed E-state index contributed by atoms with van der Waals surface area (Å²) in [4.78, 5) is 26.0. The normalized spacial score (nSPS) is 12.6. The maximum absolute atomic E-state index is 12.4. The lowest BCUT2D eigenvalue weighted by Crippen LogP contribution is -2.57. The second-order valence-electron chi connectivity index (χ2n) is 5.86. The number of aliphatic hydroxyl groups excluding tert-OH is 3. The van der Waals surface area contributed by atoms with E-state index in [4.69, 9.17) is 0 Å². The van der Waals surface area contributed by atoms with E-state index in [2.05, 4.69) is 5.32 Å². The predicted octanol–water partition coefficient (Wildman–Crippen LogP) is 0.915. The van der Waals surface area contributed by atoms with Gasteiger partial charge in [-0.15, -0.1) is 11.3 Å². The molecular weight excluding hydrogens is 342 g/mol. The maximum atomic E-state index is 12.4. The molecule has 1 heterocycles. The highest BCUT2D eigenvalue weighted by Crippen LogP contribution is 2.27. The Balaban J connectivity index is 2.13. The van der Waals surface area contributed by atoms with Crippen molar-refractivity contribution in [1.29, 1.82) is 0 Å². The van der Waals surface area contributed by atoms with E-state index >= 15 is 0 Å². The molecule has 1 amide bonds. The molecule has 0 aliphatic rings. The molecule has 1 unspecified atom stereocenters. The zero-order chi connectivity index (χ0) is 18.4. The van der Waals surface area contributed by atoms with Crippen molar-refractivity contribution < 1.29 is 24.9 Å². The van der Waals surface area contributed by atoms with Crippen LogP contribution in [-0.4, -0.2) is 52.4 Å². The maximum Gasteiger partial charge on any atom is 0.228 e. The van der Waals surface area contributed by atoms with Gasteiger partial charge < -0.3 is 20.6 Å². The fourth-order valence-electron chi connectivity index (χ4n) is 2.21. The number of ketones is 1. The molecule has 2 rings (SSSR count). The minimum Gasteiger partial charge on any atom is -0.394 e. The smallest absolute Gasteiger partial charge is 0.228 e. The Hall–Kier alpha value is -2.06. The lowest BCUT2D eigenvalue weighted by Gasteiger charge is -2.29. The van der Waals surface area contributed by atoms with Crippen molar-refractivity contribution in [2.45, 2.75) is 18.4 Å². The Labute approximate surface area is 149 Å². The van der Waals surface area contributed by atoms with Crippen molar-refractivity contribution in [1.82, 2.24) is 5.32 Å². The first-order valence-corrected chi connectivity index (χ1v) is 8.62. The van der Waals surface area contributed by atoms with Gasteiger partial charge >= 0.3 is 0 Å². The monoisotopic (exact) mass is 363 g/mol. The van der Waals surface area contributed by atoms with E-state index in [1.165, 1.54) is 11.3 Å². The average molecular weight is 363 g/mol. The molecule has 6 nitrogen and oxygen atoms in total. The van der Waals surface area contributed by atoms with Gasteiger partial charge in [0.05, 0.1) is 30.6 Å². The van der Waals surface area contributed by atoms with Gasteiger partial charge in [0, 0.05) is 10.4 Å². The molecule has 2 aromatic rings. The second kappa shape index (κ2) is 8.35. The van der Waals surface area contributed by atoms with E-state index in [-0.39, 0.29) is 5.78 Å². The van der Waals surface area contributed by atoms with Crippen LogP contribution in [0.3, 0.4) is 0 Å². The van der Waals surface area contributed by atoms with Crippen LogP contribution in [0, 0.1) is 0 Å². The molecule has 0 bridgehead atoms. The van der Waals surface area contributed by atoms with Gasteiger partial charge in [-0.3, -0.25) is 9.59 Å². The average Bonchev–Trinajstić information content (AvgIpc) is 3.15. The van der Waals surface area contributed by atoms with Gasteiger partial charge in [-0.1, -0.05) is 30.3 Å². The highest BCUT2D eigenvalue weighted by atomic mass is 32.1. The first-order valence-electron chi connectivity index (χ1n) is 7.80. The zero-order valence-electron chi connectivity index (χ0n) is 13.8. The van der Waals surface area contributed by atoms with Crippen molar-refractivity contribution >= 4 is 23.0 Å². The molecule has 0 saturated carbocycles. The fraction of sp³-hybridized carbons (Fsp3) is 0.333. The molecule has 25 heavy (non-hydrogen) atoms. The van der Waals surface area contributed by atoms with Crippen molar-refractivity contribution in [2.24, 2.45) is 0 Å². The van der Waals surface area contributed by atoms with Crippen LogP contribution in [-0.2, 0) is 4.79 Å². The van der Waals surface area contributed by atoms with E-state index < -0.39 is 37.2 Å². The van der Waals surface area contributed by atoms with Crippen LogP contribution >= 0.6 is 11.3 Å². The minimum atomic E-state index is -1.47. The molecule has 0 spiro atoms. The number of hydrogen-bond donors (Lipinski definition) is 4. The van der Waals surface area contributed by atoms with Gasteiger partial charge in [0.2, 0.25) is 11.7 Å². The Morgan fingerprint density at radius 1 is 1.04 bits per heavy atom. The number of hydrogen-bond acceptors (Lipinski definition) is 6. The summed E-state index contributed by atoms with van der Waals surface area (Å²) in [6.45, 7) is -0.0866. The first kappa shape index (κ1) is 19.3. The molecule has 0 fully saturated rings. The highest BCUT2D eigenvalue weighted by Gasteiger charge is 2.32. The van der Waals surface area contributed by atoms with E-state index in [9.17, 15) is 24.9 Å². The van der Waals surface area contributed by atoms with Crippen molar-refractivity contribution in [3.05, 3.63) is 57.8 Å². The second-order valence-corrected chi connectivity index (χ2v) is 6.98. The van der Waals surface area contributed by atoms with Gasteiger partial charge in [-0.25, -0.2) is 0 Å². The number of benzene rings is 1. The van der Waals surface area contributed by atoms with Crippen LogP contribution < -0.4 is 5.32 Å². The molecule has 1 aromatic heterocycles. The molecule has 1 atom stereocenters. The summed E-state index contributed by atoms with van der Waals surface area (Å²) < 4.78 is 0. The van der Waals surface area contributed by atoms with Crippen molar-refractivity contribution in [3.8, 4) is 0 Å². The molecule has 0 aliphatic carbocycles.